The normalized spacial score (nSPS) is 12.1. The van der Waals surface area contributed by atoms with E-state index in [2.05, 4.69) is 42.7 Å². The molecule has 33 heavy (non-hydrogen) atoms. The Kier molecular flexibility index (Phi) is 8.26. The van der Waals surface area contributed by atoms with Crippen LogP contribution in [0.5, 0.6) is 0 Å². The Hall–Kier alpha value is -3.15. The summed E-state index contributed by atoms with van der Waals surface area (Å²) in [6.45, 7) is 2.04. The molecule has 1 aliphatic rings. The summed E-state index contributed by atoms with van der Waals surface area (Å²) in [6, 6.07) is 3.76. The summed E-state index contributed by atoms with van der Waals surface area (Å²) in [5.41, 5.74) is 7.24. The topological polar surface area (TPSA) is 91.4 Å². The zero-order valence-corrected chi connectivity index (χ0v) is 20.2. The minimum Gasteiger partial charge on any atom is -0.376 e. The molecule has 8 nitrogen and oxygen atoms in total. The van der Waals surface area contributed by atoms with Gasteiger partial charge in [0.05, 0.1) is 17.7 Å². The fraction of sp³-hybridized carbons (Fsp3) is 0.304. The molecule has 4 aromatic heterocycles. The maximum atomic E-state index is 11.2. The predicted octanol–water partition coefficient (Wildman–Crippen LogP) is 3.00. The van der Waals surface area contributed by atoms with E-state index >= 15 is 0 Å². The van der Waals surface area contributed by atoms with Gasteiger partial charge in [-0.3, -0.25) is 14.5 Å². The SMILES string of the molecule is C(#CC1CC1)c1nn[c-]s1.CCc1nn(C)cc1-c1cc(-c2ccn(C)n2)ncc1[C-]=O.[Ni+2]. The Bertz CT molecular complexity index is 1280. The predicted molar refractivity (Wildman–Crippen MR) is 121 cm³/mol. The Balaban J connectivity index is 0.000000233. The molecular formula is C23H21N7NiOS. The van der Waals surface area contributed by atoms with Gasteiger partial charge >= 0.3 is 16.5 Å². The van der Waals surface area contributed by atoms with Gasteiger partial charge in [-0.05, 0) is 30.9 Å². The van der Waals surface area contributed by atoms with Gasteiger partial charge in [-0.2, -0.15) is 10.2 Å². The largest absolute Gasteiger partial charge is 2.00 e. The van der Waals surface area contributed by atoms with Gasteiger partial charge in [0.1, 0.15) is 5.69 Å². The van der Waals surface area contributed by atoms with E-state index in [4.69, 9.17) is 0 Å². The number of aromatic nitrogens is 7. The summed E-state index contributed by atoms with van der Waals surface area (Å²) in [4.78, 5) is 15.6. The average molecular weight is 502 g/mol. The summed E-state index contributed by atoms with van der Waals surface area (Å²) >= 11 is 1.37. The third-order valence-corrected chi connectivity index (χ3v) is 5.35. The number of hydrogen-bond donors (Lipinski definition) is 0. The third-order valence-electron chi connectivity index (χ3n) is 4.80. The maximum Gasteiger partial charge on any atom is 2.00 e. The number of aryl methyl sites for hydroxylation is 3. The molecule has 10 heteroatoms. The van der Waals surface area contributed by atoms with Crippen molar-refractivity contribution in [3.05, 3.63) is 52.5 Å². The molecule has 0 amide bonds. The van der Waals surface area contributed by atoms with Gasteiger partial charge < -0.3 is 21.1 Å². The van der Waals surface area contributed by atoms with Crippen molar-refractivity contribution in [3.63, 3.8) is 0 Å². The molecule has 1 saturated carbocycles. The summed E-state index contributed by atoms with van der Waals surface area (Å²) in [5, 5.41) is 16.9. The number of carbonyl (C=O) groups excluding carboxylic acids is 1. The summed E-state index contributed by atoms with van der Waals surface area (Å²) < 4.78 is 3.47. The fourth-order valence-electron chi connectivity index (χ4n) is 3.06. The molecule has 1 aliphatic carbocycles. The second-order valence-electron chi connectivity index (χ2n) is 7.35. The van der Waals surface area contributed by atoms with E-state index in [0.29, 0.717) is 11.5 Å². The van der Waals surface area contributed by atoms with Crippen LogP contribution in [0.4, 0.5) is 0 Å². The van der Waals surface area contributed by atoms with Crippen molar-refractivity contribution < 1.29 is 21.3 Å². The number of rotatable bonds is 4. The monoisotopic (exact) mass is 501 g/mol. The van der Waals surface area contributed by atoms with Crippen molar-refractivity contribution in [2.75, 3.05) is 0 Å². The standard InChI is InChI=1S/C16H16N5O.C7H5N2S.Ni/c1-4-14-13(9-21(3)18-14)12-7-16(17-8-11(12)10-22)15-5-6-20(2)19-15;1-2-6(1)3-4-7-9-8-5-10-7;/h5-9H,4H2,1-3H3;6H,1-2H2;/q2*-1;+2. The van der Waals surface area contributed by atoms with E-state index < -0.39 is 0 Å². The van der Waals surface area contributed by atoms with Gasteiger partial charge in [-0.15, -0.1) is 23.0 Å². The molecular weight excluding hydrogens is 481 g/mol. The number of pyridine rings is 1. The summed E-state index contributed by atoms with van der Waals surface area (Å²) in [7, 11) is 3.72. The van der Waals surface area contributed by atoms with Crippen LogP contribution < -0.4 is 0 Å². The molecule has 0 unspecified atom stereocenters. The van der Waals surface area contributed by atoms with Gasteiger partial charge in [0.2, 0.25) is 0 Å². The van der Waals surface area contributed by atoms with E-state index in [0.717, 1.165) is 39.6 Å². The van der Waals surface area contributed by atoms with E-state index in [1.807, 2.05) is 51.8 Å². The maximum absolute atomic E-state index is 11.2. The van der Waals surface area contributed by atoms with Crippen LogP contribution in [0.1, 0.15) is 36.0 Å². The van der Waals surface area contributed by atoms with Crippen molar-refractivity contribution in [2.24, 2.45) is 20.0 Å². The van der Waals surface area contributed by atoms with Crippen LogP contribution >= 0.6 is 11.3 Å². The molecule has 0 radical (unpaired) electrons. The van der Waals surface area contributed by atoms with Gasteiger partial charge in [-0.25, -0.2) is 5.10 Å². The molecule has 4 heterocycles. The van der Waals surface area contributed by atoms with Gasteiger partial charge in [0, 0.05) is 37.4 Å². The molecule has 0 saturated heterocycles. The van der Waals surface area contributed by atoms with Crippen LogP contribution in [0.3, 0.4) is 0 Å². The molecule has 0 aliphatic heterocycles. The Labute approximate surface area is 206 Å². The van der Waals surface area contributed by atoms with Crippen LogP contribution in [0.25, 0.3) is 22.5 Å². The van der Waals surface area contributed by atoms with Crippen LogP contribution in [0.15, 0.2) is 30.7 Å². The zero-order valence-electron chi connectivity index (χ0n) is 18.3. The van der Waals surface area contributed by atoms with Gasteiger partial charge in [0.25, 0.3) is 0 Å². The Morgan fingerprint density at radius 3 is 2.64 bits per heavy atom. The Morgan fingerprint density at radius 1 is 1.21 bits per heavy atom. The van der Waals surface area contributed by atoms with Crippen LogP contribution in [0, 0.1) is 23.3 Å². The summed E-state index contributed by atoms with van der Waals surface area (Å²) in [5.74, 6) is 6.69. The second kappa shape index (κ2) is 11.1. The molecule has 1 fully saturated rings. The molecule has 4 aromatic rings. The van der Waals surface area contributed by atoms with Crippen LogP contribution in [0.2, 0.25) is 0 Å². The van der Waals surface area contributed by atoms with E-state index in [1.54, 1.807) is 15.6 Å². The molecule has 0 bridgehead atoms. The van der Waals surface area contributed by atoms with E-state index in [-0.39, 0.29) is 16.5 Å². The van der Waals surface area contributed by atoms with Crippen LogP contribution in [-0.4, -0.2) is 41.0 Å². The van der Waals surface area contributed by atoms with Crippen molar-refractivity contribution >= 4 is 17.6 Å². The average Bonchev–Trinajstić information content (AvgIpc) is 3.17. The van der Waals surface area contributed by atoms with Crippen LogP contribution in [-0.2, 0) is 41.8 Å². The fourth-order valence-corrected chi connectivity index (χ4v) is 3.42. The van der Waals surface area contributed by atoms with E-state index in [1.165, 1.54) is 24.2 Å². The Morgan fingerprint density at radius 2 is 2.03 bits per heavy atom. The first kappa shape index (κ1) is 24.5. The first-order valence-corrected chi connectivity index (χ1v) is 11.0. The minimum absolute atomic E-state index is 0. The molecule has 0 spiro atoms. The van der Waals surface area contributed by atoms with Gasteiger partial charge in [-0.1, -0.05) is 24.7 Å². The van der Waals surface area contributed by atoms with Crippen molar-refractivity contribution in [1.29, 1.82) is 0 Å². The van der Waals surface area contributed by atoms with Gasteiger partial charge in [0.15, 0.2) is 0 Å². The number of nitrogens with zero attached hydrogens (tertiary/aromatic N) is 7. The zero-order chi connectivity index (χ0) is 22.5. The number of hydrogen-bond acceptors (Lipinski definition) is 7. The first-order chi connectivity index (χ1) is 15.6. The smallest absolute Gasteiger partial charge is 0.376 e. The summed E-state index contributed by atoms with van der Waals surface area (Å²) in [6.07, 6.45) is 10.6. The van der Waals surface area contributed by atoms with E-state index in [9.17, 15) is 4.79 Å². The molecule has 0 aromatic carbocycles. The molecule has 5 rings (SSSR count). The molecule has 0 atom stereocenters. The van der Waals surface area contributed by atoms with Crippen molar-refractivity contribution in [1.82, 2.24) is 34.7 Å². The second-order valence-corrected chi connectivity index (χ2v) is 8.12. The molecule has 170 valence electrons. The van der Waals surface area contributed by atoms with Crippen molar-refractivity contribution in [3.8, 4) is 34.4 Å². The quantitative estimate of drug-likeness (QED) is 0.242. The molecule has 0 N–H and O–H groups in total. The third kappa shape index (κ3) is 6.22. The minimum atomic E-state index is 0. The van der Waals surface area contributed by atoms with Crippen molar-refractivity contribution in [2.45, 2.75) is 26.2 Å². The first-order valence-electron chi connectivity index (χ1n) is 10.2.